The molecule has 0 aromatic carbocycles. The van der Waals surface area contributed by atoms with Crippen LogP contribution in [0.1, 0.15) is 37.6 Å². The van der Waals surface area contributed by atoms with Gasteiger partial charge in [-0.1, -0.05) is 6.92 Å². The zero-order chi connectivity index (χ0) is 20.7. The molecule has 2 N–H and O–H groups in total. The van der Waals surface area contributed by atoms with Crippen molar-refractivity contribution >= 4 is 33.6 Å². The molecule has 154 valence electrons. The topological polar surface area (TPSA) is 102 Å². The number of aryl methyl sites for hydroxylation is 1. The van der Waals surface area contributed by atoms with Gasteiger partial charge in [-0.2, -0.15) is 0 Å². The molecule has 2 aliphatic rings. The number of thiophene rings is 1. The van der Waals surface area contributed by atoms with E-state index in [0.717, 1.165) is 29.7 Å². The smallest absolute Gasteiger partial charge is 0.337 e. The summed E-state index contributed by atoms with van der Waals surface area (Å²) in [4.78, 5) is 44.1. The number of carbonyl (C=O) groups excluding carboxylic acids is 2. The SMILES string of the molecule is CCOC(=O)C1=C(Cn2cnc3sc4c(c3c2=O)CC[C@@H](C)C4)NC(=O)N[C@@H]1C. The molecule has 2 amide bonds. The van der Waals surface area contributed by atoms with Gasteiger partial charge in [-0.15, -0.1) is 11.3 Å². The predicted molar refractivity (Wildman–Crippen MR) is 110 cm³/mol. The van der Waals surface area contributed by atoms with E-state index in [1.54, 1.807) is 25.2 Å². The summed E-state index contributed by atoms with van der Waals surface area (Å²) >= 11 is 1.59. The number of rotatable bonds is 4. The van der Waals surface area contributed by atoms with E-state index in [4.69, 9.17) is 4.74 Å². The molecule has 2 aromatic rings. The van der Waals surface area contributed by atoms with Crippen molar-refractivity contribution in [3.05, 3.63) is 38.4 Å². The molecule has 8 nitrogen and oxygen atoms in total. The largest absolute Gasteiger partial charge is 0.463 e. The second-order valence-electron chi connectivity index (χ2n) is 7.64. The van der Waals surface area contributed by atoms with Crippen molar-refractivity contribution in [2.24, 2.45) is 5.92 Å². The van der Waals surface area contributed by atoms with Crippen molar-refractivity contribution in [3.63, 3.8) is 0 Å². The molecule has 29 heavy (non-hydrogen) atoms. The van der Waals surface area contributed by atoms with Crippen molar-refractivity contribution in [3.8, 4) is 0 Å². The first-order valence-electron chi connectivity index (χ1n) is 9.86. The van der Waals surface area contributed by atoms with Crippen molar-refractivity contribution in [2.45, 2.75) is 52.6 Å². The highest BCUT2D eigenvalue weighted by atomic mass is 32.1. The summed E-state index contributed by atoms with van der Waals surface area (Å²) in [5.74, 6) is 0.105. The second kappa shape index (κ2) is 7.62. The van der Waals surface area contributed by atoms with E-state index in [9.17, 15) is 14.4 Å². The first kappa shape index (κ1) is 19.6. The Labute approximate surface area is 172 Å². The van der Waals surface area contributed by atoms with Crippen LogP contribution in [0.15, 0.2) is 22.4 Å². The zero-order valence-corrected chi connectivity index (χ0v) is 17.5. The highest BCUT2D eigenvalue weighted by Crippen LogP contribution is 2.35. The van der Waals surface area contributed by atoms with E-state index in [1.807, 2.05) is 0 Å². The Morgan fingerprint density at radius 3 is 2.93 bits per heavy atom. The van der Waals surface area contributed by atoms with Crippen LogP contribution >= 0.6 is 11.3 Å². The van der Waals surface area contributed by atoms with Gasteiger partial charge in [0.1, 0.15) is 4.83 Å². The van der Waals surface area contributed by atoms with Crippen LogP contribution in [0.4, 0.5) is 4.79 Å². The van der Waals surface area contributed by atoms with E-state index in [-0.39, 0.29) is 18.7 Å². The van der Waals surface area contributed by atoms with E-state index >= 15 is 0 Å². The molecule has 0 saturated carbocycles. The van der Waals surface area contributed by atoms with Crippen molar-refractivity contribution in [1.29, 1.82) is 0 Å². The summed E-state index contributed by atoms with van der Waals surface area (Å²) in [6.07, 6.45) is 4.41. The summed E-state index contributed by atoms with van der Waals surface area (Å²) < 4.78 is 6.60. The van der Waals surface area contributed by atoms with Crippen molar-refractivity contribution in [1.82, 2.24) is 20.2 Å². The van der Waals surface area contributed by atoms with Gasteiger partial charge in [-0.3, -0.25) is 9.36 Å². The number of hydrogen-bond acceptors (Lipinski definition) is 6. The molecular weight excluding hydrogens is 392 g/mol. The Balaban J connectivity index is 1.77. The van der Waals surface area contributed by atoms with Crippen molar-refractivity contribution in [2.75, 3.05) is 6.61 Å². The van der Waals surface area contributed by atoms with Crippen LogP contribution in [0.5, 0.6) is 0 Å². The molecule has 3 heterocycles. The molecule has 0 fully saturated rings. The number of hydrogen-bond donors (Lipinski definition) is 2. The number of nitrogens with one attached hydrogen (secondary N) is 2. The van der Waals surface area contributed by atoms with Crippen LogP contribution in [-0.2, 0) is 28.9 Å². The highest BCUT2D eigenvalue weighted by Gasteiger charge is 2.30. The Kier molecular flexibility index (Phi) is 5.16. The average molecular weight is 417 g/mol. The fraction of sp³-hybridized carbons (Fsp3) is 0.500. The van der Waals surface area contributed by atoms with Gasteiger partial charge in [0.2, 0.25) is 0 Å². The number of aromatic nitrogens is 2. The van der Waals surface area contributed by atoms with Crippen LogP contribution in [0, 0.1) is 5.92 Å². The lowest BCUT2D eigenvalue weighted by molar-refractivity contribution is -0.139. The van der Waals surface area contributed by atoms with Gasteiger partial charge >= 0.3 is 12.0 Å². The molecule has 0 saturated heterocycles. The van der Waals surface area contributed by atoms with Gasteiger partial charge in [-0.25, -0.2) is 14.6 Å². The number of urea groups is 1. The lowest BCUT2D eigenvalue weighted by Gasteiger charge is -2.26. The number of amides is 2. The van der Waals surface area contributed by atoms with Gasteiger partial charge in [-0.05, 0) is 44.6 Å². The molecule has 1 aliphatic carbocycles. The van der Waals surface area contributed by atoms with Crippen molar-refractivity contribution < 1.29 is 14.3 Å². The first-order chi connectivity index (χ1) is 13.9. The summed E-state index contributed by atoms with van der Waals surface area (Å²) in [6.45, 7) is 5.94. The molecule has 4 rings (SSSR count). The Hall–Kier alpha value is -2.68. The summed E-state index contributed by atoms with van der Waals surface area (Å²) in [7, 11) is 0. The lowest BCUT2D eigenvalue weighted by atomic mass is 9.89. The van der Waals surface area contributed by atoms with Crippen LogP contribution in [0.25, 0.3) is 10.2 Å². The normalized spacial score (nSPS) is 21.6. The number of allylic oxidation sites excluding steroid dienone is 1. The predicted octanol–water partition coefficient (Wildman–Crippen LogP) is 2.10. The summed E-state index contributed by atoms with van der Waals surface area (Å²) in [6, 6.07) is -0.926. The molecule has 1 aliphatic heterocycles. The number of carbonyl (C=O) groups is 2. The van der Waals surface area contributed by atoms with Gasteiger partial charge in [0, 0.05) is 4.88 Å². The van der Waals surface area contributed by atoms with E-state index in [1.165, 1.54) is 15.8 Å². The lowest BCUT2D eigenvalue weighted by Crippen LogP contribution is -2.50. The molecule has 0 spiro atoms. The van der Waals surface area contributed by atoms with Gasteiger partial charge in [0.05, 0.1) is 42.2 Å². The third-order valence-electron chi connectivity index (χ3n) is 5.48. The molecule has 9 heteroatoms. The third kappa shape index (κ3) is 3.55. The Bertz CT molecular complexity index is 1080. The van der Waals surface area contributed by atoms with Crippen LogP contribution < -0.4 is 16.2 Å². The maximum atomic E-state index is 13.2. The molecule has 2 atom stereocenters. The summed E-state index contributed by atoms with van der Waals surface area (Å²) in [5.41, 5.74) is 1.65. The molecular formula is C20H24N4O4S. The average Bonchev–Trinajstić information content (AvgIpc) is 3.01. The standard InChI is InChI=1S/C20H24N4O4S/c1-4-28-19(26)15-11(3)22-20(27)23-13(15)8-24-9-21-17-16(18(24)25)12-6-5-10(2)7-14(12)29-17/h9-11H,4-8H2,1-3H3,(H2,22,23,27)/t10-,11-/m1/s1. The minimum Gasteiger partial charge on any atom is -0.463 e. The van der Waals surface area contributed by atoms with Gasteiger partial charge in [0.25, 0.3) is 5.56 Å². The van der Waals surface area contributed by atoms with Crippen LogP contribution in [0.3, 0.4) is 0 Å². The minimum atomic E-state index is -0.513. The van der Waals surface area contributed by atoms with E-state index in [2.05, 4.69) is 22.5 Å². The van der Waals surface area contributed by atoms with Crippen LogP contribution in [0.2, 0.25) is 0 Å². The fourth-order valence-corrected chi connectivity index (χ4v) is 5.39. The van der Waals surface area contributed by atoms with Crippen LogP contribution in [-0.4, -0.2) is 34.2 Å². The molecule has 2 aromatic heterocycles. The fourth-order valence-electron chi connectivity index (χ4n) is 4.05. The minimum absolute atomic E-state index is 0.0503. The Morgan fingerprint density at radius 2 is 2.17 bits per heavy atom. The Morgan fingerprint density at radius 1 is 1.38 bits per heavy atom. The monoisotopic (exact) mass is 416 g/mol. The van der Waals surface area contributed by atoms with E-state index < -0.39 is 18.0 Å². The number of nitrogens with zero attached hydrogens (tertiary/aromatic N) is 2. The maximum absolute atomic E-state index is 13.2. The third-order valence-corrected chi connectivity index (χ3v) is 6.64. The first-order valence-corrected chi connectivity index (χ1v) is 10.7. The molecule has 0 unspecified atom stereocenters. The maximum Gasteiger partial charge on any atom is 0.337 e. The second-order valence-corrected chi connectivity index (χ2v) is 8.73. The number of esters is 1. The molecule has 0 radical (unpaired) electrons. The van der Waals surface area contributed by atoms with Gasteiger partial charge in [0.15, 0.2) is 0 Å². The number of ether oxygens (including phenoxy) is 1. The van der Waals surface area contributed by atoms with Gasteiger partial charge < -0.3 is 15.4 Å². The molecule has 0 bridgehead atoms. The quantitative estimate of drug-likeness (QED) is 0.743. The highest BCUT2D eigenvalue weighted by molar-refractivity contribution is 7.18. The van der Waals surface area contributed by atoms with E-state index in [0.29, 0.717) is 22.6 Å². The zero-order valence-electron chi connectivity index (χ0n) is 16.7. The number of fused-ring (bicyclic) bond motifs is 3. The summed E-state index contributed by atoms with van der Waals surface area (Å²) in [5, 5.41) is 6.00.